The Morgan fingerprint density at radius 2 is 2.00 bits per heavy atom. The number of aliphatic hydroxyl groups excluding tert-OH is 1. The molecule has 2 unspecified atom stereocenters. The first-order valence-electron chi connectivity index (χ1n) is 6.55. The van der Waals surface area contributed by atoms with E-state index in [4.69, 9.17) is 23.2 Å². The third kappa shape index (κ3) is 3.61. The summed E-state index contributed by atoms with van der Waals surface area (Å²) >= 11 is 13.6. The predicted octanol–water partition coefficient (Wildman–Crippen LogP) is 3.75. The monoisotopic (exact) mass is 333 g/mol. The number of benzene rings is 1. The van der Waals surface area contributed by atoms with Crippen LogP contribution < -0.4 is 5.32 Å². The highest BCUT2D eigenvalue weighted by Crippen LogP contribution is 2.31. The maximum atomic E-state index is 12.3. The molecule has 0 heterocycles. The molecule has 1 saturated carbocycles. The largest absolute Gasteiger partial charge is 0.391 e. The average molecular weight is 334 g/mol. The van der Waals surface area contributed by atoms with Crippen molar-refractivity contribution in [1.82, 2.24) is 5.32 Å². The van der Waals surface area contributed by atoms with E-state index in [-0.39, 0.29) is 11.9 Å². The van der Waals surface area contributed by atoms with Crippen LogP contribution in [0.15, 0.2) is 17.0 Å². The minimum absolute atomic E-state index is 0.194. The summed E-state index contributed by atoms with van der Waals surface area (Å²) in [5.41, 5.74) is 0.401. The third-order valence-corrected chi connectivity index (χ3v) is 5.05. The Kier molecular flexibility index (Phi) is 5.61. The lowest BCUT2D eigenvalue weighted by molar-refractivity contribution is 0.0717. The van der Waals surface area contributed by atoms with Gasteiger partial charge < -0.3 is 10.4 Å². The fraction of sp³-hybridized carbons (Fsp3) is 0.500. The molecule has 6 heteroatoms. The van der Waals surface area contributed by atoms with Crippen molar-refractivity contribution in [2.45, 2.75) is 42.7 Å². The summed E-state index contributed by atoms with van der Waals surface area (Å²) in [4.78, 5) is 13.1. The number of nitrogens with one attached hydrogen (secondary N) is 1. The first kappa shape index (κ1) is 16.0. The maximum absolute atomic E-state index is 12.3. The highest BCUT2D eigenvalue weighted by Gasteiger charge is 2.25. The molecule has 2 atom stereocenters. The molecule has 3 nitrogen and oxygen atoms in total. The number of aliphatic hydroxyl groups is 1. The van der Waals surface area contributed by atoms with Crippen molar-refractivity contribution in [3.05, 3.63) is 27.7 Å². The van der Waals surface area contributed by atoms with E-state index in [2.05, 4.69) is 5.32 Å². The van der Waals surface area contributed by atoms with Crippen molar-refractivity contribution < 1.29 is 9.90 Å². The van der Waals surface area contributed by atoms with Crippen molar-refractivity contribution in [3.63, 3.8) is 0 Å². The number of carbonyl (C=O) groups excluding carboxylic acids is 1. The molecule has 0 bridgehead atoms. The second kappa shape index (κ2) is 7.03. The lowest BCUT2D eigenvalue weighted by atomic mass is 9.92. The van der Waals surface area contributed by atoms with E-state index in [1.165, 1.54) is 11.8 Å². The van der Waals surface area contributed by atoms with Gasteiger partial charge in [0.25, 0.3) is 5.91 Å². The van der Waals surface area contributed by atoms with Crippen LogP contribution >= 0.6 is 35.0 Å². The first-order chi connectivity index (χ1) is 9.52. The van der Waals surface area contributed by atoms with Gasteiger partial charge in [0.05, 0.1) is 27.8 Å². The molecule has 1 aliphatic rings. The van der Waals surface area contributed by atoms with Gasteiger partial charge in [-0.25, -0.2) is 0 Å². The number of rotatable bonds is 3. The molecular weight excluding hydrogens is 317 g/mol. The molecular formula is C14H17Cl2NO2S. The summed E-state index contributed by atoms with van der Waals surface area (Å²) in [6.45, 7) is 0. The van der Waals surface area contributed by atoms with Crippen LogP contribution in [0.4, 0.5) is 0 Å². The molecule has 1 aromatic carbocycles. The van der Waals surface area contributed by atoms with Crippen LogP contribution in [0.1, 0.15) is 36.0 Å². The van der Waals surface area contributed by atoms with E-state index in [1.54, 1.807) is 12.1 Å². The third-order valence-electron chi connectivity index (χ3n) is 3.53. The van der Waals surface area contributed by atoms with E-state index in [1.807, 2.05) is 6.26 Å². The molecule has 20 heavy (non-hydrogen) atoms. The van der Waals surface area contributed by atoms with Crippen LogP contribution in [0, 0.1) is 0 Å². The minimum atomic E-state index is -0.473. The van der Waals surface area contributed by atoms with Gasteiger partial charge in [-0.2, -0.15) is 0 Å². The molecule has 0 aromatic heterocycles. The topological polar surface area (TPSA) is 49.3 Å². The number of halogens is 2. The number of carbonyl (C=O) groups is 1. The Balaban J connectivity index is 2.16. The zero-order valence-corrected chi connectivity index (χ0v) is 13.5. The average Bonchev–Trinajstić information content (AvgIpc) is 2.41. The van der Waals surface area contributed by atoms with Crippen LogP contribution in [0.5, 0.6) is 0 Å². The van der Waals surface area contributed by atoms with Crippen LogP contribution in [0.25, 0.3) is 0 Å². The second-order valence-electron chi connectivity index (χ2n) is 4.90. The summed E-state index contributed by atoms with van der Waals surface area (Å²) in [7, 11) is 0. The van der Waals surface area contributed by atoms with Crippen molar-refractivity contribution in [2.24, 2.45) is 0 Å². The predicted molar refractivity (Wildman–Crippen MR) is 84.0 cm³/mol. The highest BCUT2D eigenvalue weighted by atomic mass is 35.5. The highest BCUT2D eigenvalue weighted by molar-refractivity contribution is 7.98. The fourth-order valence-electron chi connectivity index (χ4n) is 2.39. The van der Waals surface area contributed by atoms with E-state index in [0.717, 1.165) is 30.6 Å². The molecule has 2 rings (SSSR count). The Bertz CT molecular complexity index is 510. The molecule has 1 aromatic rings. The van der Waals surface area contributed by atoms with Crippen molar-refractivity contribution in [3.8, 4) is 0 Å². The van der Waals surface area contributed by atoms with Crippen LogP contribution in [-0.2, 0) is 0 Å². The van der Waals surface area contributed by atoms with Gasteiger partial charge in [-0.1, -0.05) is 36.0 Å². The quantitative estimate of drug-likeness (QED) is 0.828. The van der Waals surface area contributed by atoms with Gasteiger partial charge in [-0.3, -0.25) is 4.79 Å². The van der Waals surface area contributed by atoms with Crippen molar-refractivity contribution in [2.75, 3.05) is 6.26 Å². The molecule has 2 N–H and O–H groups in total. The van der Waals surface area contributed by atoms with Crippen LogP contribution in [0.2, 0.25) is 10.0 Å². The zero-order chi connectivity index (χ0) is 14.7. The van der Waals surface area contributed by atoms with E-state index in [0.29, 0.717) is 15.6 Å². The number of hydrogen-bond acceptors (Lipinski definition) is 3. The van der Waals surface area contributed by atoms with Gasteiger partial charge in [-0.05, 0) is 31.2 Å². The minimum Gasteiger partial charge on any atom is -0.391 e. The number of amides is 1. The zero-order valence-electron chi connectivity index (χ0n) is 11.2. The Labute approximate surface area is 133 Å². The standard InChI is InChI=1S/C14H17Cl2NO2S/c1-20-13-6-8(9(15)7-10(13)16)14(19)17-11-4-2-3-5-12(11)18/h6-7,11-12,18H,2-5H2,1H3,(H,17,19). The summed E-state index contributed by atoms with van der Waals surface area (Å²) in [5, 5.41) is 13.6. The normalized spacial score (nSPS) is 22.6. The molecule has 110 valence electrons. The van der Waals surface area contributed by atoms with Gasteiger partial charge in [0.2, 0.25) is 0 Å². The van der Waals surface area contributed by atoms with Gasteiger partial charge in [0, 0.05) is 4.90 Å². The molecule has 1 aliphatic carbocycles. The van der Waals surface area contributed by atoms with Crippen LogP contribution in [0.3, 0.4) is 0 Å². The molecule has 0 radical (unpaired) electrons. The molecule has 0 spiro atoms. The second-order valence-corrected chi connectivity index (χ2v) is 6.56. The Morgan fingerprint density at radius 3 is 2.65 bits per heavy atom. The first-order valence-corrected chi connectivity index (χ1v) is 8.53. The summed E-state index contributed by atoms with van der Waals surface area (Å²) in [5.74, 6) is -0.257. The van der Waals surface area contributed by atoms with Crippen molar-refractivity contribution >= 4 is 40.9 Å². The van der Waals surface area contributed by atoms with Gasteiger partial charge in [-0.15, -0.1) is 11.8 Å². The van der Waals surface area contributed by atoms with Crippen molar-refractivity contribution in [1.29, 1.82) is 0 Å². The molecule has 1 amide bonds. The van der Waals surface area contributed by atoms with Gasteiger partial charge in [0.15, 0.2) is 0 Å². The number of thioether (sulfide) groups is 1. The smallest absolute Gasteiger partial charge is 0.253 e. The van der Waals surface area contributed by atoms with Crippen LogP contribution in [-0.4, -0.2) is 29.4 Å². The van der Waals surface area contributed by atoms with Gasteiger partial charge in [0.1, 0.15) is 0 Å². The van der Waals surface area contributed by atoms with E-state index in [9.17, 15) is 9.90 Å². The summed E-state index contributed by atoms with van der Waals surface area (Å²) < 4.78 is 0. The summed E-state index contributed by atoms with van der Waals surface area (Å²) in [6.07, 6.45) is 4.97. The van der Waals surface area contributed by atoms with E-state index >= 15 is 0 Å². The lowest BCUT2D eigenvalue weighted by Gasteiger charge is -2.28. The Hall–Kier alpha value is -0.420. The maximum Gasteiger partial charge on any atom is 0.253 e. The summed E-state index contributed by atoms with van der Waals surface area (Å²) in [6, 6.07) is 3.09. The van der Waals surface area contributed by atoms with Gasteiger partial charge >= 0.3 is 0 Å². The fourth-order valence-corrected chi connectivity index (χ4v) is 3.58. The lowest BCUT2D eigenvalue weighted by Crippen LogP contribution is -2.45. The number of hydrogen-bond donors (Lipinski definition) is 2. The molecule has 1 fully saturated rings. The van der Waals surface area contributed by atoms with E-state index < -0.39 is 6.10 Å². The molecule has 0 aliphatic heterocycles. The SMILES string of the molecule is CSc1cc(C(=O)NC2CCCCC2O)c(Cl)cc1Cl. The Morgan fingerprint density at radius 1 is 1.30 bits per heavy atom. The molecule has 0 saturated heterocycles.